The highest BCUT2D eigenvalue weighted by Gasteiger charge is 2.46. The molecule has 1 unspecified atom stereocenters. The van der Waals surface area contributed by atoms with E-state index < -0.39 is 29.5 Å². The number of Topliss-reactive ketones (excluding diaryl/α,β-unsaturated/α-hetero) is 1. The van der Waals surface area contributed by atoms with Gasteiger partial charge in [-0.1, -0.05) is 47.7 Å². The summed E-state index contributed by atoms with van der Waals surface area (Å²) >= 11 is 1.29. The van der Waals surface area contributed by atoms with Crippen molar-refractivity contribution in [1.82, 2.24) is 4.98 Å². The third-order valence-corrected chi connectivity index (χ3v) is 7.51. The van der Waals surface area contributed by atoms with Crippen molar-refractivity contribution in [2.45, 2.75) is 13.0 Å². The normalized spacial score (nSPS) is 15.6. The Kier molecular flexibility index (Phi) is 5.57. The Morgan fingerprint density at radius 1 is 1.05 bits per heavy atom. The van der Waals surface area contributed by atoms with Crippen molar-refractivity contribution >= 4 is 55.3 Å². The topological polar surface area (TPSA) is 110 Å². The van der Waals surface area contributed by atoms with Crippen LogP contribution in [0.1, 0.15) is 38.1 Å². The Labute approximate surface area is 220 Å². The number of carbonyl (C=O) groups is 3. The molecule has 1 N–H and O–H groups in total. The first-order valence-corrected chi connectivity index (χ1v) is 12.5. The summed E-state index contributed by atoms with van der Waals surface area (Å²) in [5, 5.41) is 12.1. The van der Waals surface area contributed by atoms with Crippen molar-refractivity contribution in [2.75, 3.05) is 12.0 Å². The van der Waals surface area contributed by atoms with Crippen LogP contribution in [0.5, 0.6) is 0 Å². The number of rotatable bonds is 5. The van der Waals surface area contributed by atoms with Gasteiger partial charge in [0.1, 0.15) is 5.58 Å². The van der Waals surface area contributed by atoms with E-state index in [0.29, 0.717) is 27.4 Å². The van der Waals surface area contributed by atoms with Crippen LogP contribution >= 0.6 is 11.3 Å². The van der Waals surface area contributed by atoms with Crippen LogP contribution in [0.2, 0.25) is 0 Å². The van der Waals surface area contributed by atoms with Crippen molar-refractivity contribution in [3.8, 4) is 0 Å². The second-order valence-corrected chi connectivity index (χ2v) is 9.91. The van der Waals surface area contributed by atoms with Crippen molar-refractivity contribution in [3.63, 3.8) is 0 Å². The summed E-state index contributed by atoms with van der Waals surface area (Å²) in [6, 6.07) is 19.8. The molecule has 3 aromatic carbocycles. The van der Waals surface area contributed by atoms with Crippen molar-refractivity contribution in [1.29, 1.82) is 0 Å². The molecule has 1 aliphatic rings. The van der Waals surface area contributed by atoms with Gasteiger partial charge in [0.15, 0.2) is 16.7 Å². The van der Waals surface area contributed by atoms with E-state index in [-0.39, 0.29) is 11.3 Å². The Hall–Kier alpha value is -4.76. The predicted molar refractivity (Wildman–Crippen MR) is 143 cm³/mol. The molecular formula is C29H20N2O6S. The molecule has 38 heavy (non-hydrogen) atoms. The van der Waals surface area contributed by atoms with Crippen LogP contribution in [-0.4, -0.2) is 34.9 Å². The maximum atomic E-state index is 13.8. The third kappa shape index (κ3) is 3.75. The number of aliphatic hydroxyl groups is 1. The standard InChI is InChI=1S/C29H20N2O6S/c1-15-7-12-19-22(13-15)38-29(30-19)31-24(16-8-10-17(11-9-16)28(35)36-2)23(26(33)27(31)34)25(32)21-14-18-5-3-4-6-20(18)37-21/h3-14,24,33H,1-2H3. The number of esters is 1. The van der Waals surface area contributed by atoms with Gasteiger partial charge in [0.05, 0.1) is 34.5 Å². The molecule has 9 heteroatoms. The van der Waals surface area contributed by atoms with Crippen LogP contribution in [0.3, 0.4) is 0 Å². The smallest absolute Gasteiger partial charge is 0.337 e. The maximum Gasteiger partial charge on any atom is 0.337 e. The number of para-hydroxylation sites is 1. The molecule has 3 heterocycles. The van der Waals surface area contributed by atoms with Gasteiger partial charge in [0, 0.05) is 5.39 Å². The monoisotopic (exact) mass is 524 g/mol. The Bertz CT molecular complexity index is 1760. The number of ether oxygens (including phenoxy) is 1. The molecule has 0 aliphatic carbocycles. The number of amides is 1. The highest BCUT2D eigenvalue weighted by Crippen LogP contribution is 2.44. The summed E-state index contributed by atoms with van der Waals surface area (Å²) in [4.78, 5) is 45.2. The molecule has 0 saturated heterocycles. The zero-order valence-corrected chi connectivity index (χ0v) is 21.1. The number of hydrogen-bond donors (Lipinski definition) is 1. The molecule has 0 bridgehead atoms. The first-order chi connectivity index (χ1) is 18.4. The molecule has 0 spiro atoms. The number of aliphatic hydroxyl groups excluding tert-OH is 1. The molecule has 0 fully saturated rings. The van der Waals surface area contributed by atoms with Gasteiger partial charge in [0.2, 0.25) is 5.78 Å². The number of nitrogens with zero attached hydrogens (tertiary/aromatic N) is 2. The summed E-state index contributed by atoms with van der Waals surface area (Å²) in [6.45, 7) is 1.96. The lowest BCUT2D eigenvalue weighted by Gasteiger charge is -2.24. The van der Waals surface area contributed by atoms with Crippen LogP contribution in [0.15, 0.2) is 88.5 Å². The number of aryl methyl sites for hydroxylation is 1. The van der Waals surface area contributed by atoms with Gasteiger partial charge >= 0.3 is 5.97 Å². The molecule has 5 aromatic rings. The lowest BCUT2D eigenvalue weighted by molar-refractivity contribution is -0.117. The number of anilines is 1. The SMILES string of the molecule is COC(=O)c1ccc(C2C(C(=O)c3cc4ccccc4o3)=C(O)C(=O)N2c2nc3ccc(C)cc3s2)cc1. The van der Waals surface area contributed by atoms with Gasteiger partial charge in [-0.2, -0.15) is 0 Å². The minimum absolute atomic E-state index is 0.00138. The summed E-state index contributed by atoms with van der Waals surface area (Å²) < 4.78 is 11.4. The van der Waals surface area contributed by atoms with E-state index in [1.165, 1.54) is 23.3 Å². The number of hydrogen-bond acceptors (Lipinski definition) is 8. The molecule has 0 radical (unpaired) electrons. The quantitative estimate of drug-likeness (QED) is 0.224. The summed E-state index contributed by atoms with van der Waals surface area (Å²) in [7, 11) is 1.29. The number of benzene rings is 3. The molecule has 0 saturated carbocycles. The van der Waals surface area contributed by atoms with Gasteiger partial charge in [-0.15, -0.1) is 0 Å². The van der Waals surface area contributed by atoms with Gasteiger partial charge in [0.25, 0.3) is 5.91 Å². The third-order valence-electron chi connectivity index (χ3n) is 6.49. The number of carbonyl (C=O) groups excluding carboxylic acids is 3. The van der Waals surface area contributed by atoms with Gasteiger partial charge < -0.3 is 14.3 Å². The van der Waals surface area contributed by atoms with Crippen LogP contribution in [0.25, 0.3) is 21.2 Å². The predicted octanol–water partition coefficient (Wildman–Crippen LogP) is 5.92. The minimum atomic E-state index is -1.00. The first-order valence-electron chi connectivity index (χ1n) is 11.7. The maximum absolute atomic E-state index is 13.8. The Balaban J connectivity index is 1.50. The fraction of sp³-hybridized carbons (Fsp3) is 0.103. The van der Waals surface area contributed by atoms with Crippen molar-refractivity contribution in [3.05, 3.63) is 107 Å². The minimum Gasteiger partial charge on any atom is -0.503 e. The van der Waals surface area contributed by atoms with Gasteiger partial charge in [-0.05, 0) is 54.4 Å². The molecular weight excluding hydrogens is 504 g/mol. The second-order valence-electron chi connectivity index (χ2n) is 8.90. The van der Waals surface area contributed by atoms with Gasteiger partial charge in [-0.25, -0.2) is 9.78 Å². The largest absolute Gasteiger partial charge is 0.503 e. The lowest BCUT2D eigenvalue weighted by Crippen LogP contribution is -2.31. The fourth-order valence-corrected chi connectivity index (χ4v) is 5.71. The van der Waals surface area contributed by atoms with E-state index in [9.17, 15) is 19.5 Å². The highest BCUT2D eigenvalue weighted by atomic mass is 32.1. The molecule has 1 amide bonds. The van der Waals surface area contributed by atoms with Crippen molar-refractivity contribution < 1.29 is 28.6 Å². The van der Waals surface area contributed by atoms with E-state index in [4.69, 9.17) is 9.15 Å². The Morgan fingerprint density at radius 3 is 2.55 bits per heavy atom. The van der Waals surface area contributed by atoms with E-state index >= 15 is 0 Å². The number of methoxy groups -OCH3 is 1. The van der Waals surface area contributed by atoms with E-state index in [1.54, 1.807) is 42.5 Å². The number of thiazole rings is 1. The van der Waals surface area contributed by atoms with Gasteiger partial charge in [-0.3, -0.25) is 14.5 Å². The highest BCUT2D eigenvalue weighted by molar-refractivity contribution is 7.22. The van der Waals surface area contributed by atoms with Crippen LogP contribution in [0.4, 0.5) is 5.13 Å². The Morgan fingerprint density at radius 2 is 1.82 bits per heavy atom. The van der Waals surface area contributed by atoms with E-state index in [1.807, 2.05) is 37.3 Å². The molecule has 6 rings (SSSR count). The zero-order chi connectivity index (χ0) is 26.6. The molecule has 2 aromatic heterocycles. The zero-order valence-electron chi connectivity index (χ0n) is 20.3. The van der Waals surface area contributed by atoms with Crippen LogP contribution < -0.4 is 4.90 Å². The van der Waals surface area contributed by atoms with E-state index in [2.05, 4.69) is 4.98 Å². The summed E-state index contributed by atoms with van der Waals surface area (Å²) in [5.74, 6) is -2.56. The average Bonchev–Trinajstić information content (AvgIpc) is 3.62. The number of aromatic nitrogens is 1. The lowest BCUT2D eigenvalue weighted by atomic mass is 9.94. The summed E-state index contributed by atoms with van der Waals surface area (Å²) in [6.07, 6.45) is 0. The first kappa shape index (κ1) is 23.6. The number of ketones is 1. The molecule has 188 valence electrons. The van der Waals surface area contributed by atoms with Crippen molar-refractivity contribution in [2.24, 2.45) is 0 Å². The number of furan rings is 1. The molecule has 1 atom stereocenters. The average molecular weight is 525 g/mol. The second kappa shape index (κ2) is 8.97. The fourth-order valence-electron chi connectivity index (χ4n) is 4.62. The molecule has 1 aliphatic heterocycles. The van der Waals surface area contributed by atoms with Crippen LogP contribution in [0, 0.1) is 6.92 Å². The number of fused-ring (bicyclic) bond motifs is 2. The summed E-state index contributed by atoms with van der Waals surface area (Å²) in [5.41, 5.74) is 2.93. The molecule has 8 nitrogen and oxygen atoms in total. The van der Waals surface area contributed by atoms with E-state index in [0.717, 1.165) is 15.6 Å². The van der Waals surface area contributed by atoms with Crippen LogP contribution in [-0.2, 0) is 9.53 Å².